The minimum atomic E-state index is -0.242. The number of benzene rings is 2. The number of methoxy groups -OCH3 is 1. The van der Waals surface area contributed by atoms with E-state index in [1.165, 1.54) is 6.07 Å². The van der Waals surface area contributed by atoms with Gasteiger partial charge in [-0.05, 0) is 23.8 Å². The first kappa shape index (κ1) is 18.2. The van der Waals surface area contributed by atoms with E-state index in [0.717, 1.165) is 5.56 Å². The van der Waals surface area contributed by atoms with Crippen LogP contribution in [-0.4, -0.2) is 26.7 Å². The Bertz CT molecular complexity index is 693. The molecule has 24 heavy (non-hydrogen) atoms. The minimum absolute atomic E-state index is 0.171. The first-order valence-electron chi connectivity index (χ1n) is 7.60. The molecular weight excluding hydrogens is 329 g/mol. The minimum Gasteiger partial charge on any atom is -0.375 e. The van der Waals surface area contributed by atoms with Gasteiger partial charge in [0.2, 0.25) is 0 Å². The van der Waals surface area contributed by atoms with Crippen molar-refractivity contribution in [2.45, 2.75) is 12.6 Å². The van der Waals surface area contributed by atoms with Crippen LogP contribution in [-0.2, 0) is 11.3 Å². The van der Waals surface area contributed by atoms with Crippen LogP contribution in [0.1, 0.15) is 17.2 Å². The quantitative estimate of drug-likeness (QED) is 0.619. The van der Waals surface area contributed by atoms with Gasteiger partial charge in [0.25, 0.3) is 0 Å². The molecule has 0 amide bonds. The predicted octanol–water partition coefficient (Wildman–Crippen LogP) is 3.53. The molecule has 0 aliphatic rings. The van der Waals surface area contributed by atoms with E-state index in [2.05, 4.69) is 15.6 Å². The Morgan fingerprint density at radius 2 is 2.00 bits per heavy atom. The van der Waals surface area contributed by atoms with Gasteiger partial charge < -0.3 is 15.4 Å². The van der Waals surface area contributed by atoms with Crippen molar-refractivity contribution in [1.29, 1.82) is 0 Å². The Morgan fingerprint density at radius 3 is 2.67 bits per heavy atom. The number of nitrogens with one attached hydrogen (secondary N) is 2. The predicted molar refractivity (Wildman–Crippen MR) is 95.8 cm³/mol. The van der Waals surface area contributed by atoms with Crippen molar-refractivity contribution in [3.63, 3.8) is 0 Å². The summed E-state index contributed by atoms with van der Waals surface area (Å²) in [6.45, 7) is 0.856. The molecule has 0 saturated heterocycles. The number of guanidine groups is 1. The van der Waals surface area contributed by atoms with Gasteiger partial charge in [-0.3, -0.25) is 4.99 Å². The Morgan fingerprint density at radius 1 is 1.21 bits per heavy atom. The van der Waals surface area contributed by atoms with Crippen molar-refractivity contribution >= 4 is 17.6 Å². The third-order valence-corrected chi connectivity index (χ3v) is 3.82. The maximum atomic E-state index is 13.6. The second-order valence-electron chi connectivity index (χ2n) is 5.18. The highest BCUT2D eigenvalue weighted by Gasteiger charge is 2.12. The van der Waals surface area contributed by atoms with Gasteiger partial charge in [-0.2, -0.15) is 0 Å². The number of hydrogen-bond acceptors (Lipinski definition) is 2. The van der Waals surface area contributed by atoms with Crippen molar-refractivity contribution in [3.8, 4) is 0 Å². The van der Waals surface area contributed by atoms with Crippen LogP contribution >= 0.6 is 11.6 Å². The van der Waals surface area contributed by atoms with Crippen LogP contribution in [0, 0.1) is 5.82 Å². The molecule has 0 heterocycles. The van der Waals surface area contributed by atoms with Gasteiger partial charge in [-0.15, -0.1) is 0 Å². The van der Waals surface area contributed by atoms with Crippen LogP contribution in [0.3, 0.4) is 0 Å². The lowest BCUT2D eigenvalue weighted by Gasteiger charge is -2.19. The lowest BCUT2D eigenvalue weighted by Crippen LogP contribution is -2.39. The molecule has 4 nitrogen and oxygen atoms in total. The largest absolute Gasteiger partial charge is 0.375 e. The van der Waals surface area contributed by atoms with E-state index >= 15 is 0 Å². The molecule has 128 valence electrons. The fourth-order valence-corrected chi connectivity index (χ4v) is 2.47. The van der Waals surface area contributed by atoms with Crippen molar-refractivity contribution in [2.24, 2.45) is 4.99 Å². The van der Waals surface area contributed by atoms with E-state index < -0.39 is 0 Å². The van der Waals surface area contributed by atoms with Crippen LogP contribution in [0.4, 0.5) is 4.39 Å². The number of hydrogen-bond donors (Lipinski definition) is 2. The summed E-state index contributed by atoms with van der Waals surface area (Å²) in [7, 11) is 3.31. The molecule has 0 aliphatic heterocycles. The molecular formula is C18H21ClFN3O. The van der Waals surface area contributed by atoms with Gasteiger partial charge in [0.1, 0.15) is 5.82 Å². The van der Waals surface area contributed by atoms with Gasteiger partial charge in [0.15, 0.2) is 5.96 Å². The van der Waals surface area contributed by atoms with Crippen LogP contribution in [0.25, 0.3) is 0 Å². The van der Waals surface area contributed by atoms with E-state index in [1.54, 1.807) is 32.4 Å². The van der Waals surface area contributed by atoms with E-state index in [1.807, 2.05) is 24.3 Å². The SMILES string of the molecule is CN=C(NCc1ccccc1F)NCC(OC)c1cccc(Cl)c1. The molecule has 2 aromatic rings. The molecule has 0 radical (unpaired) electrons. The Hall–Kier alpha value is -2.11. The average Bonchev–Trinajstić information content (AvgIpc) is 2.59. The summed E-state index contributed by atoms with van der Waals surface area (Å²) in [5, 5.41) is 6.93. The van der Waals surface area contributed by atoms with Crippen molar-refractivity contribution in [2.75, 3.05) is 20.7 Å². The summed E-state index contributed by atoms with van der Waals surface area (Å²) in [6, 6.07) is 14.2. The summed E-state index contributed by atoms with van der Waals surface area (Å²) >= 11 is 6.02. The lowest BCUT2D eigenvalue weighted by molar-refractivity contribution is 0.106. The smallest absolute Gasteiger partial charge is 0.191 e. The van der Waals surface area contributed by atoms with E-state index in [-0.39, 0.29) is 11.9 Å². The number of nitrogens with zero attached hydrogens (tertiary/aromatic N) is 1. The fourth-order valence-electron chi connectivity index (χ4n) is 2.27. The summed E-state index contributed by atoms with van der Waals surface area (Å²) in [4.78, 5) is 4.14. The lowest BCUT2D eigenvalue weighted by atomic mass is 10.1. The highest BCUT2D eigenvalue weighted by Crippen LogP contribution is 2.19. The first-order valence-corrected chi connectivity index (χ1v) is 7.98. The van der Waals surface area contributed by atoms with Gasteiger partial charge in [0.05, 0.1) is 6.10 Å². The van der Waals surface area contributed by atoms with Gasteiger partial charge >= 0.3 is 0 Å². The van der Waals surface area contributed by atoms with Crippen LogP contribution in [0.5, 0.6) is 0 Å². The van der Waals surface area contributed by atoms with Crippen LogP contribution in [0.2, 0.25) is 5.02 Å². The third kappa shape index (κ3) is 5.22. The van der Waals surface area contributed by atoms with Crippen molar-refractivity contribution < 1.29 is 9.13 Å². The maximum Gasteiger partial charge on any atom is 0.191 e. The van der Waals surface area contributed by atoms with Crippen LogP contribution in [0.15, 0.2) is 53.5 Å². The molecule has 2 aromatic carbocycles. The van der Waals surface area contributed by atoms with Crippen molar-refractivity contribution in [3.05, 3.63) is 70.5 Å². The summed E-state index contributed by atoms with van der Waals surface area (Å²) in [5.74, 6) is 0.330. The van der Waals surface area contributed by atoms with Crippen molar-refractivity contribution in [1.82, 2.24) is 10.6 Å². The topological polar surface area (TPSA) is 45.7 Å². The molecule has 2 N–H and O–H groups in total. The van der Waals surface area contributed by atoms with E-state index in [4.69, 9.17) is 16.3 Å². The highest BCUT2D eigenvalue weighted by molar-refractivity contribution is 6.30. The van der Waals surface area contributed by atoms with Crippen LogP contribution < -0.4 is 10.6 Å². The average molecular weight is 350 g/mol. The monoisotopic (exact) mass is 349 g/mol. The van der Waals surface area contributed by atoms with Gasteiger partial charge in [-0.1, -0.05) is 41.9 Å². The number of halogens is 2. The Balaban J connectivity index is 1.91. The zero-order valence-corrected chi connectivity index (χ0v) is 14.5. The zero-order chi connectivity index (χ0) is 17.4. The fraction of sp³-hybridized carbons (Fsp3) is 0.278. The molecule has 0 aliphatic carbocycles. The normalized spacial score (nSPS) is 12.8. The Kier molecular flexibility index (Phi) is 7.03. The number of aliphatic imine (C=N–C) groups is 1. The molecule has 0 bridgehead atoms. The summed E-state index contributed by atoms with van der Waals surface area (Å²) in [5.41, 5.74) is 1.56. The second-order valence-corrected chi connectivity index (χ2v) is 5.61. The van der Waals surface area contributed by atoms with Gasteiger partial charge in [0, 0.05) is 37.8 Å². The molecule has 0 spiro atoms. The van der Waals surface area contributed by atoms with E-state index in [0.29, 0.717) is 29.6 Å². The maximum absolute atomic E-state index is 13.6. The number of rotatable bonds is 6. The van der Waals surface area contributed by atoms with E-state index in [9.17, 15) is 4.39 Å². The Labute approximate surface area is 146 Å². The van der Waals surface area contributed by atoms with Gasteiger partial charge in [-0.25, -0.2) is 4.39 Å². The molecule has 6 heteroatoms. The highest BCUT2D eigenvalue weighted by atomic mass is 35.5. The number of ether oxygens (including phenoxy) is 1. The first-order chi connectivity index (χ1) is 11.6. The molecule has 0 saturated carbocycles. The summed E-state index contributed by atoms with van der Waals surface area (Å²) in [6.07, 6.45) is -0.171. The molecule has 0 aromatic heterocycles. The standard InChI is InChI=1S/C18H21ClFN3O/c1-21-18(22-11-14-6-3-4-9-16(14)20)23-12-17(24-2)13-7-5-8-15(19)10-13/h3-10,17H,11-12H2,1-2H3,(H2,21,22,23). The third-order valence-electron chi connectivity index (χ3n) is 3.59. The molecule has 1 atom stereocenters. The summed E-state index contributed by atoms with van der Waals surface area (Å²) < 4.78 is 19.1. The molecule has 1 unspecified atom stereocenters. The zero-order valence-electron chi connectivity index (χ0n) is 13.7. The molecule has 0 fully saturated rings. The second kappa shape index (κ2) is 9.25. The molecule has 2 rings (SSSR count).